The molecular weight excluding hydrogens is 176 g/mol. The molecule has 13 heavy (non-hydrogen) atoms. The molecule has 0 unspecified atom stereocenters. The van der Waals surface area contributed by atoms with Gasteiger partial charge in [0.2, 0.25) is 0 Å². The summed E-state index contributed by atoms with van der Waals surface area (Å²) in [4.78, 5) is 18.2. The van der Waals surface area contributed by atoms with Gasteiger partial charge in [0.15, 0.2) is 0 Å². The maximum absolute atomic E-state index is 9.10. The van der Waals surface area contributed by atoms with Crippen LogP contribution in [0.25, 0.3) is 0 Å². The van der Waals surface area contributed by atoms with E-state index in [9.17, 15) is 0 Å². The molecular formula is C7H14N2O4. The van der Waals surface area contributed by atoms with Crippen LogP contribution in [0.4, 0.5) is 0 Å². The highest BCUT2D eigenvalue weighted by Gasteiger charge is 2.19. The molecule has 0 aromatic rings. The Balaban J connectivity index is 0.000000226. The van der Waals surface area contributed by atoms with E-state index in [-0.39, 0.29) is 0 Å². The number of carboxylic acid groups (broad SMARTS) is 2. The first-order valence-corrected chi connectivity index (χ1v) is 4.02. The van der Waals surface area contributed by atoms with Gasteiger partial charge in [-0.1, -0.05) is 6.92 Å². The number of hydrogen-bond donors (Lipinski definition) is 4. The fourth-order valence-corrected chi connectivity index (χ4v) is 0.474. The largest absolute Gasteiger partial charge is 0.473 e. The summed E-state index contributed by atoms with van der Waals surface area (Å²) in [6, 6.07) is 0.792. The number of rotatable bonds is 3. The fraction of sp³-hybridized carbons (Fsp3) is 0.714. The molecule has 4 N–H and O–H groups in total. The minimum Gasteiger partial charge on any atom is -0.473 e. The molecule has 1 fully saturated rings. The number of hydrazine groups is 1. The van der Waals surface area contributed by atoms with Gasteiger partial charge < -0.3 is 10.2 Å². The van der Waals surface area contributed by atoms with Gasteiger partial charge in [-0.15, -0.1) is 0 Å². The van der Waals surface area contributed by atoms with Crippen LogP contribution in [0.5, 0.6) is 0 Å². The summed E-state index contributed by atoms with van der Waals surface area (Å²) in [5.41, 5.74) is 6.22. The second kappa shape index (κ2) is 6.38. The molecule has 6 heteroatoms. The van der Waals surface area contributed by atoms with Gasteiger partial charge in [0.25, 0.3) is 0 Å². The van der Waals surface area contributed by atoms with Gasteiger partial charge in [-0.05, 0) is 12.8 Å². The van der Waals surface area contributed by atoms with Gasteiger partial charge in [0, 0.05) is 12.6 Å². The first-order valence-electron chi connectivity index (χ1n) is 4.02. The normalized spacial score (nSPS) is 14.2. The summed E-state index contributed by atoms with van der Waals surface area (Å²) in [5, 5.41) is 14.8. The fourth-order valence-electron chi connectivity index (χ4n) is 0.474. The molecule has 0 atom stereocenters. The van der Waals surface area contributed by atoms with E-state index in [1.54, 1.807) is 0 Å². The Labute approximate surface area is 75.9 Å². The lowest BCUT2D eigenvalue weighted by atomic mass is 10.7. The van der Waals surface area contributed by atoms with Crippen LogP contribution in [0.1, 0.15) is 19.8 Å². The predicted octanol–water partition coefficient (Wildman–Crippen LogP) is -0.581. The molecule has 76 valence electrons. The molecule has 0 bridgehead atoms. The molecule has 0 aliphatic heterocycles. The van der Waals surface area contributed by atoms with Crippen LogP contribution in [0.3, 0.4) is 0 Å². The molecule has 0 heterocycles. The highest BCUT2D eigenvalue weighted by Crippen LogP contribution is 2.17. The average Bonchev–Trinajstić information content (AvgIpc) is 2.85. The van der Waals surface area contributed by atoms with Crippen molar-refractivity contribution >= 4 is 11.9 Å². The summed E-state index contributed by atoms with van der Waals surface area (Å²) < 4.78 is 0. The van der Waals surface area contributed by atoms with Crippen LogP contribution in [0.2, 0.25) is 0 Å². The van der Waals surface area contributed by atoms with E-state index in [2.05, 4.69) is 17.8 Å². The summed E-state index contributed by atoms with van der Waals surface area (Å²) in [6.07, 6.45) is 2.71. The molecule has 6 nitrogen and oxygen atoms in total. The van der Waals surface area contributed by atoms with Gasteiger partial charge in [-0.25, -0.2) is 9.59 Å². The quantitative estimate of drug-likeness (QED) is 0.351. The van der Waals surface area contributed by atoms with E-state index in [0.717, 1.165) is 12.6 Å². The first-order chi connectivity index (χ1) is 6.07. The summed E-state index contributed by atoms with van der Waals surface area (Å²) >= 11 is 0. The molecule has 1 aliphatic rings. The minimum atomic E-state index is -1.82. The molecule has 0 spiro atoms. The van der Waals surface area contributed by atoms with E-state index >= 15 is 0 Å². The summed E-state index contributed by atoms with van der Waals surface area (Å²) in [5.74, 6) is -3.65. The summed E-state index contributed by atoms with van der Waals surface area (Å²) in [7, 11) is 0. The topological polar surface area (TPSA) is 98.7 Å². The zero-order valence-electron chi connectivity index (χ0n) is 7.41. The van der Waals surface area contributed by atoms with Gasteiger partial charge in [0.05, 0.1) is 0 Å². The van der Waals surface area contributed by atoms with Crippen molar-refractivity contribution in [3.05, 3.63) is 0 Å². The zero-order valence-corrected chi connectivity index (χ0v) is 7.41. The summed E-state index contributed by atoms with van der Waals surface area (Å²) in [6.45, 7) is 3.12. The molecule has 1 rings (SSSR count). The number of carbonyl (C=O) groups is 2. The van der Waals surface area contributed by atoms with Crippen LogP contribution in [0, 0.1) is 0 Å². The maximum atomic E-state index is 9.10. The lowest BCUT2D eigenvalue weighted by Crippen LogP contribution is -2.32. The second-order valence-electron chi connectivity index (χ2n) is 2.56. The third-order valence-corrected chi connectivity index (χ3v) is 1.24. The SMILES string of the molecule is CCNNC1CC1.O=C(O)C(=O)O. The maximum Gasteiger partial charge on any atom is 0.414 e. The lowest BCUT2D eigenvalue weighted by molar-refractivity contribution is -0.159. The van der Waals surface area contributed by atoms with E-state index < -0.39 is 11.9 Å². The average molecular weight is 190 g/mol. The number of carboxylic acids is 2. The van der Waals surface area contributed by atoms with E-state index in [1.165, 1.54) is 12.8 Å². The van der Waals surface area contributed by atoms with Crippen molar-refractivity contribution in [3.8, 4) is 0 Å². The van der Waals surface area contributed by atoms with Gasteiger partial charge in [-0.3, -0.25) is 10.9 Å². The minimum absolute atomic E-state index is 0.792. The Morgan fingerprint density at radius 2 is 1.77 bits per heavy atom. The highest BCUT2D eigenvalue weighted by molar-refractivity contribution is 6.27. The van der Waals surface area contributed by atoms with E-state index in [1.807, 2.05) is 0 Å². The van der Waals surface area contributed by atoms with Gasteiger partial charge >= 0.3 is 11.9 Å². The molecule has 1 aliphatic carbocycles. The van der Waals surface area contributed by atoms with Crippen LogP contribution in [-0.4, -0.2) is 34.7 Å². The Kier molecular flexibility index (Phi) is 5.82. The zero-order chi connectivity index (χ0) is 10.3. The molecule has 0 aromatic carbocycles. The van der Waals surface area contributed by atoms with Gasteiger partial charge in [0.1, 0.15) is 0 Å². The third-order valence-electron chi connectivity index (χ3n) is 1.24. The van der Waals surface area contributed by atoms with E-state index in [0.29, 0.717) is 0 Å². The molecule has 0 aromatic heterocycles. The molecule has 0 radical (unpaired) electrons. The van der Waals surface area contributed by atoms with Crippen LogP contribution in [-0.2, 0) is 9.59 Å². The van der Waals surface area contributed by atoms with Crippen molar-refractivity contribution in [2.75, 3.05) is 6.54 Å². The lowest BCUT2D eigenvalue weighted by Gasteiger charge is -1.98. The smallest absolute Gasteiger partial charge is 0.414 e. The van der Waals surface area contributed by atoms with Crippen LogP contribution >= 0.6 is 0 Å². The van der Waals surface area contributed by atoms with Gasteiger partial charge in [-0.2, -0.15) is 0 Å². The Bertz CT molecular complexity index is 167. The molecule has 0 amide bonds. The second-order valence-corrected chi connectivity index (χ2v) is 2.56. The Morgan fingerprint density at radius 1 is 1.31 bits per heavy atom. The number of nitrogens with one attached hydrogen (secondary N) is 2. The van der Waals surface area contributed by atoms with Crippen LogP contribution in [0.15, 0.2) is 0 Å². The number of aliphatic carboxylic acids is 2. The van der Waals surface area contributed by atoms with Crippen molar-refractivity contribution in [1.29, 1.82) is 0 Å². The molecule has 1 saturated carbocycles. The number of hydrogen-bond acceptors (Lipinski definition) is 4. The van der Waals surface area contributed by atoms with Crippen molar-refractivity contribution in [2.24, 2.45) is 0 Å². The van der Waals surface area contributed by atoms with Crippen molar-refractivity contribution in [1.82, 2.24) is 10.9 Å². The van der Waals surface area contributed by atoms with E-state index in [4.69, 9.17) is 19.8 Å². The highest BCUT2D eigenvalue weighted by atomic mass is 16.4. The van der Waals surface area contributed by atoms with Crippen molar-refractivity contribution < 1.29 is 19.8 Å². The van der Waals surface area contributed by atoms with Crippen LogP contribution < -0.4 is 10.9 Å². The standard InChI is InChI=1S/C5H12N2.C2H2O4/c1-2-6-7-5-3-4-5;3-1(4)2(5)6/h5-7H,2-4H2,1H3;(H,3,4)(H,5,6). The van der Waals surface area contributed by atoms with Crippen molar-refractivity contribution in [3.63, 3.8) is 0 Å². The Hall–Kier alpha value is -1.14. The molecule has 0 saturated heterocycles. The van der Waals surface area contributed by atoms with Crippen molar-refractivity contribution in [2.45, 2.75) is 25.8 Å². The first kappa shape index (κ1) is 11.9. The third kappa shape index (κ3) is 8.77. The monoisotopic (exact) mass is 190 g/mol. The Morgan fingerprint density at radius 3 is 2.00 bits per heavy atom. The predicted molar refractivity (Wildman–Crippen MR) is 45.1 cm³/mol.